The molecule has 0 saturated heterocycles. The summed E-state index contributed by atoms with van der Waals surface area (Å²) < 4.78 is 11.6. The van der Waals surface area contributed by atoms with Crippen LogP contribution in [0.5, 0.6) is 0 Å². The molecule has 1 aromatic heterocycles. The SMILES string of the molecule is COCCN(CCNC(C)c1sccc1Br)C(=O)OC(C)(C)C. The molecule has 1 atom stereocenters. The van der Waals surface area contributed by atoms with Crippen LogP contribution in [-0.4, -0.2) is 49.9 Å². The number of carbonyl (C=O) groups is 1. The maximum absolute atomic E-state index is 12.2. The van der Waals surface area contributed by atoms with Crippen molar-refractivity contribution < 1.29 is 14.3 Å². The van der Waals surface area contributed by atoms with E-state index in [0.717, 1.165) is 4.47 Å². The van der Waals surface area contributed by atoms with Gasteiger partial charge in [-0.3, -0.25) is 0 Å². The van der Waals surface area contributed by atoms with Crippen LogP contribution >= 0.6 is 27.3 Å². The highest BCUT2D eigenvalue weighted by molar-refractivity contribution is 9.10. The normalized spacial score (nSPS) is 13.0. The number of nitrogens with zero attached hydrogens (tertiary/aromatic N) is 1. The molecule has 0 aliphatic heterocycles. The largest absolute Gasteiger partial charge is 0.444 e. The number of hydrogen-bond donors (Lipinski definition) is 1. The molecule has 132 valence electrons. The Bertz CT molecular complexity index is 488. The van der Waals surface area contributed by atoms with E-state index in [0.29, 0.717) is 26.2 Å². The van der Waals surface area contributed by atoms with Gasteiger partial charge in [-0.1, -0.05) is 0 Å². The van der Waals surface area contributed by atoms with E-state index in [2.05, 4.69) is 33.6 Å². The van der Waals surface area contributed by atoms with Gasteiger partial charge in [-0.05, 0) is 55.1 Å². The van der Waals surface area contributed by atoms with Crippen LogP contribution in [0, 0.1) is 0 Å². The summed E-state index contributed by atoms with van der Waals surface area (Å²) in [7, 11) is 1.63. The van der Waals surface area contributed by atoms with Gasteiger partial charge in [-0.15, -0.1) is 11.3 Å². The maximum atomic E-state index is 12.2. The quantitative estimate of drug-likeness (QED) is 0.707. The number of rotatable bonds is 8. The van der Waals surface area contributed by atoms with Crippen molar-refractivity contribution in [2.24, 2.45) is 0 Å². The van der Waals surface area contributed by atoms with Gasteiger partial charge in [0.1, 0.15) is 5.60 Å². The Morgan fingerprint density at radius 2 is 2.13 bits per heavy atom. The van der Waals surface area contributed by atoms with Crippen molar-refractivity contribution >= 4 is 33.4 Å². The van der Waals surface area contributed by atoms with Gasteiger partial charge >= 0.3 is 6.09 Å². The van der Waals surface area contributed by atoms with Crippen molar-refractivity contribution in [3.63, 3.8) is 0 Å². The summed E-state index contributed by atoms with van der Waals surface area (Å²) in [5.41, 5.74) is -0.495. The zero-order chi connectivity index (χ0) is 17.5. The second-order valence-corrected chi connectivity index (χ2v) is 8.07. The lowest BCUT2D eigenvalue weighted by molar-refractivity contribution is 0.0203. The van der Waals surface area contributed by atoms with E-state index in [1.165, 1.54) is 4.88 Å². The molecule has 0 bridgehead atoms. The van der Waals surface area contributed by atoms with E-state index in [-0.39, 0.29) is 12.1 Å². The molecular formula is C16H27BrN2O3S. The van der Waals surface area contributed by atoms with Gasteiger partial charge in [0.05, 0.1) is 6.61 Å². The van der Waals surface area contributed by atoms with E-state index < -0.39 is 5.60 Å². The van der Waals surface area contributed by atoms with Gasteiger partial charge in [0.15, 0.2) is 0 Å². The minimum Gasteiger partial charge on any atom is -0.444 e. The summed E-state index contributed by atoms with van der Waals surface area (Å²) in [5, 5.41) is 5.50. The van der Waals surface area contributed by atoms with Crippen molar-refractivity contribution in [2.45, 2.75) is 39.3 Å². The summed E-state index contributed by atoms with van der Waals surface area (Å²) in [6, 6.07) is 2.27. The first kappa shape index (κ1) is 20.4. The van der Waals surface area contributed by atoms with Gasteiger partial charge in [0, 0.05) is 42.1 Å². The van der Waals surface area contributed by atoms with E-state index in [1.54, 1.807) is 23.3 Å². The molecule has 1 N–H and O–H groups in total. The molecule has 1 unspecified atom stereocenters. The molecule has 1 amide bonds. The number of ether oxygens (including phenoxy) is 2. The van der Waals surface area contributed by atoms with Crippen molar-refractivity contribution in [3.05, 3.63) is 20.8 Å². The number of carbonyl (C=O) groups excluding carboxylic acids is 1. The standard InChI is InChI=1S/C16H27BrN2O3S/c1-12(14-13(17)6-11-23-14)18-7-8-19(9-10-21-5)15(20)22-16(2,3)4/h6,11-12,18H,7-10H2,1-5H3. The fourth-order valence-corrected chi connectivity index (χ4v) is 3.70. The topological polar surface area (TPSA) is 50.8 Å². The van der Waals surface area contributed by atoms with E-state index in [4.69, 9.17) is 9.47 Å². The minimum absolute atomic E-state index is 0.229. The lowest BCUT2D eigenvalue weighted by atomic mass is 10.2. The highest BCUT2D eigenvalue weighted by Gasteiger charge is 2.22. The molecule has 0 saturated carbocycles. The molecule has 0 aliphatic rings. The molecule has 0 aliphatic carbocycles. The number of methoxy groups -OCH3 is 1. The molecular weight excluding hydrogens is 380 g/mol. The summed E-state index contributed by atoms with van der Waals surface area (Å²) in [5.74, 6) is 0. The van der Waals surface area contributed by atoms with Crippen LogP contribution in [0.1, 0.15) is 38.6 Å². The second-order valence-electron chi connectivity index (χ2n) is 6.27. The van der Waals surface area contributed by atoms with Crippen LogP contribution in [0.15, 0.2) is 15.9 Å². The van der Waals surface area contributed by atoms with Gasteiger partial charge in [0.2, 0.25) is 0 Å². The first-order valence-electron chi connectivity index (χ1n) is 7.67. The molecule has 1 rings (SSSR count). The lowest BCUT2D eigenvalue weighted by Crippen LogP contribution is -2.42. The Labute approximate surface area is 151 Å². The fraction of sp³-hybridized carbons (Fsp3) is 0.688. The first-order valence-corrected chi connectivity index (χ1v) is 9.35. The molecule has 5 nitrogen and oxygen atoms in total. The number of nitrogens with one attached hydrogen (secondary N) is 1. The fourth-order valence-electron chi connectivity index (χ4n) is 1.95. The Balaban J connectivity index is 2.50. The Kier molecular flexibility index (Phi) is 8.53. The van der Waals surface area contributed by atoms with Gasteiger partial charge in [0.25, 0.3) is 0 Å². The van der Waals surface area contributed by atoms with Crippen LogP contribution < -0.4 is 5.32 Å². The summed E-state index contributed by atoms with van der Waals surface area (Å²) >= 11 is 5.26. The first-order chi connectivity index (χ1) is 10.7. The third kappa shape index (κ3) is 7.65. The maximum Gasteiger partial charge on any atom is 0.410 e. The molecule has 0 fully saturated rings. The summed E-state index contributed by atoms with van der Waals surface area (Å²) in [6.45, 7) is 10.00. The van der Waals surface area contributed by atoms with Crippen molar-refractivity contribution in [2.75, 3.05) is 33.4 Å². The monoisotopic (exact) mass is 406 g/mol. The van der Waals surface area contributed by atoms with Crippen LogP contribution in [0.25, 0.3) is 0 Å². The molecule has 23 heavy (non-hydrogen) atoms. The molecule has 1 aromatic rings. The molecule has 0 radical (unpaired) electrons. The predicted molar refractivity (Wildman–Crippen MR) is 98.1 cm³/mol. The molecule has 1 heterocycles. The van der Waals surface area contributed by atoms with Crippen molar-refractivity contribution in [3.8, 4) is 0 Å². The summed E-state index contributed by atoms with van der Waals surface area (Å²) in [6.07, 6.45) is -0.304. The number of halogens is 1. The number of thiophene rings is 1. The van der Waals surface area contributed by atoms with E-state index >= 15 is 0 Å². The molecule has 0 spiro atoms. The Morgan fingerprint density at radius 1 is 1.43 bits per heavy atom. The summed E-state index contributed by atoms with van der Waals surface area (Å²) in [4.78, 5) is 15.2. The zero-order valence-corrected chi connectivity index (χ0v) is 16.9. The predicted octanol–water partition coefficient (Wildman–Crippen LogP) is 4.04. The molecule has 0 aromatic carbocycles. The Hall–Kier alpha value is -0.630. The lowest BCUT2D eigenvalue weighted by Gasteiger charge is -2.27. The van der Waals surface area contributed by atoms with E-state index in [1.807, 2.05) is 26.8 Å². The average Bonchev–Trinajstić information content (AvgIpc) is 2.86. The third-order valence-corrected chi connectivity index (χ3v) is 5.14. The third-order valence-electron chi connectivity index (χ3n) is 3.09. The van der Waals surface area contributed by atoms with Gasteiger partial charge in [-0.2, -0.15) is 0 Å². The smallest absolute Gasteiger partial charge is 0.410 e. The average molecular weight is 407 g/mol. The number of hydrogen-bond acceptors (Lipinski definition) is 5. The van der Waals surface area contributed by atoms with Crippen LogP contribution in [0.4, 0.5) is 4.79 Å². The van der Waals surface area contributed by atoms with Crippen molar-refractivity contribution in [1.29, 1.82) is 0 Å². The molecule has 7 heteroatoms. The van der Waals surface area contributed by atoms with Crippen molar-refractivity contribution in [1.82, 2.24) is 10.2 Å². The minimum atomic E-state index is -0.495. The van der Waals surface area contributed by atoms with Gasteiger partial charge in [-0.25, -0.2) is 4.79 Å². The van der Waals surface area contributed by atoms with Crippen LogP contribution in [-0.2, 0) is 9.47 Å². The highest BCUT2D eigenvalue weighted by Crippen LogP contribution is 2.28. The van der Waals surface area contributed by atoms with E-state index in [9.17, 15) is 4.79 Å². The van der Waals surface area contributed by atoms with Gasteiger partial charge < -0.3 is 19.7 Å². The highest BCUT2D eigenvalue weighted by atomic mass is 79.9. The Morgan fingerprint density at radius 3 is 2.65 bits per heavy atom. The van der Waals surface area contributed by atoms with Crippen LogP contribution in [0.3, 0.4) is 0 Å². The van der Waals surface area contributed by atoms with Crippen LogP contribution in [0.2, 0.25) is 0 Å². The second kappa shape index (κ2) is 9.61. The zero-order valence-electron chi connectivity index (χ0n) is 14.5. The number of amides is 1.